The Morgan fingerprint density at radius 2 is 1.80 bits per heavy atom. The normalized spacial score (nSPS) is 9.60. The largest absolute Gasteiger partial charge is 0.154 e. The van der Waals surface area contributed by atoms with Crippen molar-refractivity contribution >= 4 is 58.1 Å². The van der Waals surface area contributed by atoms with Crippen LogP contribution in [-0.4, -0.2) is 0.732 Å². The van der Waals surface area contributed by atoms with E-state index in [-0.39, 0.29) is 12.3 Å². The van der Waals surface area contributed by atoms with Gasteiger partial charge in [0.25, 0.3) is 0 Å². The number of hydrogen-bond acceptors (Lipinski definition) is 2. The summed E-state index contributed by atoms with van der Waals surface area (Å²) in [4.78, 5) is 0. The van der Waals surface area contributed by atoms with Gasteiger partial charge in [0.1, 0.15) is 0 Å². The molecule has 0 spiro atoms. The van der Waals surface area contributed by atoms with E-state index >= 15 is 0 Å². The van der Waals surface area contributed by atoms with Gasteiger partial charge in [-0.25, -0.2) is 0 Å². The predicted molar refractivity (Wildman–Crippen MR) is 38.6 cm³/mol. The lowest BCUT2D eigenvalue weighted by Gasteiger charge is -1.85. The third-order valence-electron chi connectivity index (χ3n) is 0.0522. The summed E-state index contributed by atoms with van der Waals surface area (Å²) in [6, 6.07) is 0. The molecule has 0 saturated carbocycles. The molecule has 0 aromatic rings. The molecule has 32 valence electrons. The highest BCUT2D eigenvalue weighted by Gasteiger charge is 1.85. The Bertz CT molecular complexity index is 23.6. The SMILES string of the molecule is FSN(I)I. The Labute approximate surface area is 62.1 Å². The van der Waals surface area contributed by atoms with Crippen molar-refractivity contribution in [3.05, 3.63) is 0 Å². The van der Waals surface area contributed by atoms with Crippen LogP contribution in [0.1, 0.15) is 0 Å². The summed E-state index contributed by atoms with van der Waals surface area (Å²) >= 11 is 3.82. The van der Waals surface area contributed by atoms with Crippen molar-refractivity contribution in [1.29, 1.82) is 0 Å². The lowest BCUT2D eigenvalue weighted by molar-refractivity contribution is 0.922. The topological polar surface area (TPSA) is 3.24 Å². The van der Waals surface area contributed by atoms with Crippen molar-refractivity contribution in [2.24, 2.45) is 0 Å². The fraction of sp³-hybridized carbons (Fsp3) is 0. The average molecular weight is 319 g/mol. The Hall–Kier alpha value is 1.70. The van der Waals surface area contributed by atoms with Crippen LogP contribution in [0.2, 0.25) is 0 Å². The molecule has 5 heavy (non-hydrogen) atoms. The highest BCUT2D eigenvalue weighted by molar-refractivity contribution is 14.2. The second-order valence-corrected chi connectivity index (χ2v) is 5.86. The van der Waals surface area contributed by atoms with Crippen LogP contribution < -0.4 is 0 Å². The molecule has 0 heterocycles. The second kappa shape index (κ2) is 3.88. The van der Waals surface area contributed by atoms with E-state index in [1.165, 1.54) is 0.732 Å². The number of nitrogens with zero attached hydrogens (tertiary/aromatic N) is 1. The number of rotatable bonds is 1. The standard InChI is InChI=1S/FI2NS/c1-5-4(2)3. The zero-order chi connectivity index (χ0) is 4.28. The van der Waals surface area contributed by atoms with Gasteiger partial charge in [0.15, 0.2) is 12.3 Å². The van der Waals surface area contributed by atoms with Gasteiger partial charge in [0.2, 0.25) is 0 Å². The monoisotopic (exact) mass is 319 g/mol. The van der Waals surface area contributed by atoms with Gasteiger partial charge in [0.05, 0.1) is 0 Å². The maximum Gasteiger partial charge on any atom is 0.154 e. The van der Waals surface area contributed by atoms with Crippen molar-refractivity contribution in [2.75, 3.05) is 0 Å². The smallest absolute Gasteiger partial charge is 0.145 e. The molecule has 0 atom stereocenters. The minimum absolute atomic E-state index is 0.186. The number of halogens is 3. The average Bonchev–Trinajstić information content (AvgIpc) is 1.38. The quantitative estimate of drug-likeness (QED) is 0.415. The van der Waals surface area contributed by atoms with Gasteiger partial charge in [0, 0.05) is 45.7 Å². The van der Waals surface area contributed by atoms with Crippen LogP contribution in [0.5, 0.6) is 0 Å². The van der Waals surface area contributed by atoms with Gasteiger partial charge in [-0.05, 0) is 0 Å². The third kappa shape index (κ3) is 5.70. The molecule has 0 aliphatic heterocycles. The molecule has 0 aromatic heterocycles. The van der Waals surface area contributed by atoms with E-state index in [1.54, 1.807) is 0 Å². The Kier molecular flexibility index (Phi) is 5.19. The van der Waals surface area contributed by atoms with Crippen LogP contribution in [0.4, 0.5) is 3.89 Å². The van der Waals surface area contributed by atoms with Crippen molar-refractivity contribution < 1.29 is 3.89 Å². The van der Waals surface area contributed by atoms with Gasteiger partial charge in [-0.15, -0.1) is 4.62 Å². The maximum absolute atomic E-state index is 10.9. The first kappa shape index (κ1) is 6.70. The van der Waals surface area contributed by atoms with Crippen molar-refractivity contribution in [2.45, 2.75) is 0 Å². The lowest BCUT2D eigenvalue weighted by Crippen LogP contribution is -1.65. The molecule has 0 aliphatic carbocycles. The summed E-state index contributed by atoms with van der Waals surface area (Å²) in [7, 11) is 0. The summed E-state index contributed by atoms with van der Waals surface area (Å²) in [5.74, 6) is 0. The van der Waals surface area contributed by atoms with Gasteiger partial charge >= 0.3 is 0 Å². The Balaban J connectivity index is 2.54. The first-order chi connectivity index (χ1) is 2.27. The molecule has 0 fully saturated rings. The first-order valence-electron chi connectivity index (χ1n) is 0.675. The highest BCUT2D eigenvalue weighted by Crippen LogP contribution is 2.21. The van der Waals surface area contributed by atoms with Crippen LogP contribution in [0.3, 0.4) is 0 Å². The van der Waals surface area contributed by atoms with Crippen molar-refractivity contribution in [3.8, 4) is 0 Å². The minimum atomic E-state index is 0.186. The van der Waals surface area contributed by atoms with Crippen LogP contribution >= 0.6 is 58.1 Å². The molecule has 0 radical (unpaired) electrons. The number of hydrogen-bond donors (Lipinski definition) is 0. The zero-order valence-corrected chi connectivity index (χ0v) is 7.12. The van der Waals surface area contributed by atoms with Gasteiger partial charge in [-0.1, -0.05) is 0 Å². The molecule has 0 unspecified atom stereocenters. The first-order valence-corrected chi connectivity index (χ1v) is 3.28. The van der Waals surface area contributed by atoms with Crippen molar-refractivity contribution in [1.82, 2.24) is 0.732 Å². The summed E-state index contributed by atoms with van der Waals surface area (Å²) < 4.78 is 12.3. The van der Waals surface area contributed by atoms with E-state index in [0.717, 1.165) is 0 Å². The fourth-order valence-electron chi connectivity index (χ4n) is 0. The summed E-state index contributed by atoms with van der Waals surface area (Å²) in [5.41, 5.74) is 0. The Morgan fingerprint density at radius 1 is 1.60 bits per heavy atom. The van der Waals surface area contributed by atoms with Crippen LogP contribution in [0, 0.1) is 0 Å². The molecule has 5 heteroatoms. The van der Waals surface area contributed by atoms with E-state index in [2.05, 4.69) is 0 Å². The van der Waals surface area contributed by atoms with E-state index < -0.39 is 0 Å². The van der Waals surface area contributed by atoms with Crippen LogP contribution in [-0.2, 0) is 0 Å². The van der Waals surface area contributed by atoms with Gasteiger partial charge in [-0.3, -0.25) is 0 Å². The summed E-state index contributed by atoms with van der Waals surface area (Å²) in [6.07, 6.45) is 0. The van der Waals surface area contributed by atoms with Gasteiger partial charge < -0.3 is 0 Å². The second-order valence-electron chi connectivity index (χ2n) is 0.271. The third-order valence-corrected chi connectivity index (χ3v) is 1.05. The van der Waals surface area contributed by atoms with Gasteiger partial charge in [-0.2, -0.15) is 0 Å². The van der Waals surface area contributed by atoms with E-state index in [0.29, 0.717) is 0 Å². The fourth-order valence-corrected chi connectivity index (χ4v) is 0. The molecule has 0 N–H and O–H groups in total. The molecular formula is FI2NS. The van der Waals surface area contributed by atoms with Crippen LogP contribution in [0.25, 0.3) is 0 Å². The predicted octanol–water partition coefficient (Wildman–Crippen LogP) is 2.52. The molecule has 1 nitrogen and oxygen atoms in total. The van der Waals surface area contributed by atoms with E-state index in [9.17, 15) is 3.89 Å². The molecule has 0 aliphatic rings. The van der Waals surface area contributed by atoms with Crippen molar-refractivity contribution in [3.63, 3.8) is 0 Å². The lowest BCUT2D eigenvalue weighted by atomic mass is 13.9. The van der Waals surface area contributed by atoms with E-state index in [1.807, 2.05) is 45.7 Å². The molecule has 0 bridgehead atoms. The molecule has 0 amide bonds. The van der Waals surface area contributed by atoms with Crippen LogP contribution in [0.15, 0.2) is 0 Å². The minimum Gasteiger partial charge on any atom is -0.145 e. The summed E-state index contributed by atoms with van der Waals surface area (Å²) in [6.45, 7) is 0. The van der Waals surface area contributed by atoms with E-state index in [4.69, 9.17) is 0 Å². The Morgan fingerprint density at radius 3 is 1.80 bits per heavy atom. The summed E-state index contributed by atoms with van der Waals surface area (Å²) in [5, 5.41) is 0. The molecule has 0 aromatic carbocycles. The maximum atomic E-state index is 10.9. The molecule has 0 saturated heterocycles. The molecule has 0 rings (SSSR count). The zero-order valence-electron chi connectivity index (χ0n) is 1.99. The molecular weight excluding hydrogens is 319 g/mol. The highest BCUT2D eigenvalue weighted by atomic mass is 127.